The van der Waals surface area contributed by atoms with E-state index in [9.17, 15) is 0 Å². The smallest absolute Gasteiger partial charge is 0.248 e. The molecule has 0 amide bonds. The van der Waals surface area contributed by atoms with Crippen LogP contribution in [0.2, 0.25) is 30.7 Å². The first-order valence-corrected chi connectivity index (χ1v) is 13.1. The Morgan fingerprint density at radius 3 is 1.87 bits per heavy atom. The van der Waals surface area contributed by atoms with Crippen molar-refractivity contribution in [2.24, 2.45) is 0 Å². The average molecular weight is 287 g/mol. The first-order chi connectivity index (χ1) is 6.46. The topological polar surface area (TPSA) is 9.23 Å². The molecule has 0 spiro atoms. The molecule has 0 aliphatic carbocycles. The molecule has 0 N–H and O–H groups in total. The predicted octanol–water partition coefficient (Wildman–Crippen LogP) is 4.95. The first-order valence-electron chi connectivity index (χ1n) is 5.47. The van der Waals surface area contributed by atoms with Gasteiger partial charge in [0.2, 0.25) is 6.69 Å². The molecule has 0 aliphatic rings. The van der Waals surface area contributed by atoms with Crippen molar-refractivity contribution in [3.8, 4) is 0 Å². The molecule has 0 saturated carbocycles. The van der Waals surface area contributed by atoms with E-state index in [1.165, 1.54) is 0 Å². The lowest BCUT2D eigenvalue weighted by molar-refractivity contribution is 0.288. The van der Waals surface area contributed by atoms with Crippen molar-refractivity contribution >= 4 is 37.2 Å². The standard InChI is InChI=1S/C10H24Cl2OSi2/c1-10(2,3)14(4,5)13-8-7-9-15(6,11)12/h7-9H2,1-6H3. The van der Waals surface area contributed by atoms with Gasteiger partial charge in [-0.15, -0.1) is 22.2 Å². The van der Waals surface area contributed by atoms with Crippen LogP contribution in [0.25, 0.3) is 0 Å². The molecule has 0 aliphatic heterocycles. The lowest BCUT2D eigenvalue weighted by Crippen LogP contribution is -2.41. The molecule has 0 aromatic heterocycles. The minimum atomic E-state index is -1.92. The van der Waals surface area contributed by atoms with Gasteiger partial charge in [0.25, 0.3) is 0 Å². The van der Waals surface area contributed by atoms with Gasteiger partial charge < -0.3 is 4.43 Å². The molecule has 5 heteroatoms. The third kappa shape index (κ3) is 7.00. The predicted molar refractivity (Wildman–Crippen MR) is 75.9 cm³/mol. The van der Waals surface area contributed by atoms with E-state index in [1.807, 2.05) is 6.55 Å². The molecule has 0 aromatic carbocycles. The Morgan fingerprint density at radius 2 is 1.53 bits per heavy atom. The largest absolute Gasteiger partial charge is 0.417 e. The summed E-state index contributed by atoms with van der Waals surface area (Å²) in [7, 11) is -1.57. The minimum absolute atomic E-state index is 0.287. The summed E-state index contributed by atoms with van der Waals surface area (Å²) in [4.78, 5) is 0. The summed E-state index contributed by atoms with van der Waals surface area (Å²) < 4.78 is 6.03. The van der Waals surface area contributed by atoms with E-state index in [0.717, 1.165) is 19.1 Å². The highest BCUT2D eigenvalue weighted by Crippen LogP contribution is 2.36. The van der Waals surface area contributed by atoms with Crippen molar-refractivity contribution in [1.82, 2.24) is 0 Å². The van der Waals surface area contributed by atoms with Crippen LogP contribution in [-0.4, -0.2) is 21.6 Å². The van der Waals surface area contributed by atoms with E-state index in [0.29, 0.717) is 0 Å². The van der Waals surface area contributed by atoms with Crippen LogP contribution < -0.4 is 0 Å². The van der Waals surface area contributed by atoms with Crippen LogP contribution >= 0.6 is 22.2 Å². The van der Waals surface area contributed by atoms with Gasteiger partial charge in [-0.25, -0.2) is 0 Å². The summed E-state index contributed by atoms with van der Waals surface area (Å²) in [6.45, 7) is 12.1. The lowest BCUT2D eigenvalue weighted by atomic mass is 10.2. The Hall–Kier alpha value is 0.974. The van der Waals surface area contributed by atoms with Crippen molar-refractivity contribution in [1.29, 1.82) is 0 Å². The fraction of sp³-hybridized carbons (Fsp3) is 1.00. The zero-order valence-corrected chi connectivity index (χ0v) is 14.3. The van der Waals surface area contributed by atoms with Gasteiger partial charge in [0, 0.05) is 6.61 Å². The maximum absolute atomic E-state index is 6.03. The maximum Gasteiger partial charge on any atom is 0.248 e. The molecule has 0 fully saturated rings. The summed E-state index contributed by atoms with van der Waals surface area (Å²) in [5.41, 5.74) is 0. The Kier molecular flexibility index (Phi) is 5.90. The van der Waals surface area contributed by atoms with Crippen molar-refractivity contribution in [3.63, 3.8) is 0 Å². The summed E-state index contributed by atoms with van der Waals surface area (Å²) in [5, 5.41) is 0.287. The summed E-state index contributed by atoms with van der Waals surface area (Å²) in [5.74, 6) is 0. The molecule has 15 heavy (non-hydrogen) atoms. The van der Waals surface area contributed by atoms with Crippen LogP contribution in [0.5, 0.6) is 0 Å². The van der Waals surface area contributed by atoms with Gasteiger partial charge in [0.15, 0.2) is 8.32 Å². The number of halogens is 2. The Morgan fingerprint density at radius 1 is 1.07 bits per heavy atom. The molecule has 0 atom stereocenters. The fourth-order valence-electron chi connectivity index (χ4n) is 0.926. The van der Waals surface area contributed by atoms with Crippen molar-refractivity contribution in [2.75, 3.05) is 6.61 Å². The SMILES string of the molecule is CC(C)(C)[Si](C)(C)OCCC[Si](C)(Cl)Cl. The summed E-state index contributed by atoms with van der Waals surface area (Å²) in [6, 6.07) is 0.921. The van der Waals surface area contributed by atoms with E-state index >= 15 is 0 Å². The molecule has 0 unspecified atom stereocenters. The van der Waals surface area contributed by atoms with Crippen LogP contribution in [-0.2, 0) is 4.43 Å². The molecule has 1 nitrogen and oxygen atoms in total. The third-order valence-corrected chi connectivity index (χ3v) is 9.93. The minimum Gasteiger partial charge on any atom is -0.417 e. The van der Waals surface area contributed by atoms with Gasteiger partial charge in [-0.2, -0.15) is 0 Å². The van der Waals surface area contributed by atoms with E-state index in [-0.39, 0.29) is 5.04 Å². The quantitative estimate of drug-likeness (QED) is 0.395. The van der Waals surface area contributed by atoms with Crippen LogP contribution in [0.15, 0.2) is 0 Å². The van der Waals surface area contributed by atoms with Gasteiger partial charge in [0.1, 0.15) is 0 Å². The Labute approximate surface area is 106 Å². The molecular weight excluding hydrogens is 263 g/mol. The second kappa shape index (κ2) is 5.54. The molecule has 0 aromatic rings. The summed E-state index contributed by atoms with van der Waals surface area (Å²) >= 11 is 12.1. The summed E-state index contributed by atoms with van der Waals surface area (Å²) in [6.07, 6.45) is 0.988. The van der Waals surface area contributed by atoms with Gasteiger partial charge in [-0.05, 0) is 37.1 Å². The van der Waals surface area contributed by atoms with E-state index < -0.39 is 15.0 Å². The van der Waals surface area contributed by atoms with Crippen LogP contribution in [0, 0.1) is 0 Å². The lowest BCUT2D eigenvalue weighted by Gasteiger charge is -2.36. The van der Waals surface area contributed by atoms with E-state index in [1.54, 1.807) is 0 Å². The maximum atomic E-state index is 6.03. The zero-order chi connectivity index (χ0) is 12.3. The molecule has 0 heterocycles. The van der Waals surface area contributed by atoms with E-state index in [2.05, 4.69) is 33.9 Å². The van der Waals surface area contributed by atoms with Gasteiger partial charge >= 0.3 is 0 Å². The molecule has 0 bridgehead atoms. The van der Waals surface area contributed by atoms with E-state index in [4.69, 9.17) is 26.6 Å². The van der Waals surface area contributed by atoms with Crippen molar-refractivity contribution in [3.05, 3.63) is 0 Å². The monoisotopic (exact) mass is 286 g/mol. The molecule has 0 rings (SSSR count). The van der Waals surface area contributed by atoms with Crippen LogP contribution in [0.3, 0.4) is 0 Å². The molecule has 0 saturated heterocycles. The molecular formula is C10H24Cl2OSi2. The third-order valence-electron chi connectivity index (χ3n) is 3.03. The van der Waals surface area contributed by atoms with Crippen molar-refractivity contribution in [2.45, 2.75) is 57.9 Å². The van der Waals surface area contributed by atoms with Gasteiger partial charge in [0.05, 0.1) is 0 Å². The zero-order valence-electron chi connectivity index (χ0n) is 10.8. The number of hydrogen-bond acceptors (Lipinski definition) is 1. The Bertz CT molecular complexity index is 195. The number of hydrogen-bond donors (Lipinski definition) is 0. The molecule has 92 valence electrons. The Balaban J connectivity index is 3.87. The first kappa shape index (κ1) is 16.0. The average Bonchev–Trinajstić information content (AvgIpc) is 1.94. The van der Waals surface area contributed by atoms with Crippen LogP contribution in [0.4, 0.5) is 0 Å². The highest BCUT2D eigenvalue weighted by molar-refractivity contribution is 7.44. The highest BCUT2D eigenvalue weighted by Gasteiger charge is 2.36. The normalized spacial score (nSPS) is 14.4. The van der Waals surface area contributed by atoms with Crippen molar-refractivity contribution < 1.29 is 4.43 Å². The second-order valence-electron chi connectivity index (χ2n) is 5.78. The van der Waals surface area contributed by atoms with Gasteiger partial charge in [-0.1, -0.05) is 20.8 Å². The fourth-order valence-corrected chi connectivity index (χ4v) is 3.58. The second-order valence-corrected chi connectivity index (χ2v) is 18.8. The van der Waals surface area contributed by atoms with Crippen LogP contribution in [0.1, 0.15) is 27.2 Å². The molecule has 0 radical (unpaired) electrons. The highest BCUT2D eigenvalue weighted by atomic mass is 35.7. The van der Waals surface area contributed by atoms with Gasteiger partial charge in [-0.3, -0.25) is 0 Å². The number of rotatable bonds is 5.